The number of nitriles is 1. The van der Waals surface area contributed by atoms with Gasteiger partial charge in [-0.3, -0.25) is 4.98 Å². The van der Waals surface area contributed by atoms with Gasteiger partial charge in [-0.15, -0.1) is 0 Å². The van der Waals surface area contributed by atoms with Crippen LogP contribution in [0.3, 0.4) is 0 Å². The number of fused-ring (bicyclic) bond motifs is 2. The Balaban J connectivity index is 1.55. The largest absolute Gasteiger partial charge is 0.340 e. The molecular weight excluding hydrogens is 376 g/mol. The molecular formula is C22H16N8. The fourth-order valence-electron chi connectivity index (χ4n) is 3.21. The molecule has 5 aromatic rings. The van der Waals surface area contributed by atoms with Crippen LogP contribution in [0.4, 0.5) is 23.1 Å². The predicted octanol–water partition coefficient (Wildman–Crippen LogP) is 4.57. The van der Waals surface area contributed by atoms with E-state index in [9.17, 15) is 0 Å². The van der Waals surface area contributed by atoms with Crippen molar-refractivity contribution in [1.82, 2.24) is 24.9 Å². The Morgan fingerprint density at radius 2 is 1.80 bits per heavy atom. The van der Waals surface area contributed by atoms with Crippen molar-refractivity contribution in [2.45, 2.75) is 6.92 Å². The van der Waals surface area contributed by atoms with E-state index in [-0.39, 0.29) is 0 Å². The minimum absolute atomic E-state index is 0.395. The van der Waals surface area contributed by atoms with E-state index in [1.807, 2.05) is 37.3 Å². The second-order valence-corrected chi connectivity index (χ2v) is 6.77. The molecule has 0 aliphatic rings. The van der Waals surface area contributed by atoms with Crippen LogP contribution < -0.4 is 10.6 Å². The quantitative estimate of drug-likeness (QED) is 0.410. The average molecular weight is 392 g/mol. The number of nitrogens with one attached hydrogen (secondary N) is 3. The van der Waals surface area contributed by atoms with Crippen LogP contribution in [0.25, 0.3) is 22.1 Å². The smallest absolute Gasteiger partial charge is 0.231 e. The molecule has 3 aromatic heterocycles. The molecule has 0 unspecified atom stereocenters. The summed E-state index contributed by atoms with van der Waals surface area (Å²) in [6.07, 6.45) is 1.58. The molecule has 0 aliphatic heterocycles. The molecule has 3 N–H and O–H groups in total. The van der Waals surface area contributed by atoms with Crippen molar-refractivity contribution < 1.29 is 0 Å². The minimum atomic E-state index is 0.395. The summed E-state index contributed by atoms with van der Waals surface area (Å²) < 4.78 is 0. The summed E-state index contributed by atoms with van der Waals surface area (Å²) in [6.45, 7) is 1.97. The molecule has 8 heteroatoms. The second kappa shape index (κ2) is 7.14. The van der Waals surface area contributed by atoms with E-state index >= 15 is 0 Å². The summed E-state index contributed by atoms with van der Waals surface area (Å²) in [7, 11) is 0. The van der Waals surface area contributed by atoms with Crippen LogP contribution in [0.2, 0.25) is 0 Å². The third kappa shape index (κ3) is 3.25. The van der Waals surface area contributed by atoms with Crippen LogP contribution in [0, 0.1) is 18.3 Å². The van der Waals surface area contributed by atoms with Gasteiger partial charge in [0, 0.05) is 16.8 Å². The first-order valence-corrected chi connectivity index (χ1v) is 9.31. The zero-order valence-corrected chi connectivity index (χ0v) is 16.0. The van der Waals surface area contributed by atoms with E-state index in [0.717, 1.165) is 28.0 Å². The highest BCUT2D eigenvalue weighted by Gasteiger charge is 2.12. The summed E-state index contributed by atoms with van der Waals surface area (Å²) in [4.78, 5) is 21.1. The molecule has 8 nitrogen and oxygen atoms in total. The number of anilines is 4. The van der Waals surface area contributed by atoms with Crippen molar-refractivity contribution in [1.29, 1.82) is 5.26 Å². The number of benzene rings is 2. The Kier molecular flexibility index (Phi) is 4.19. The number of H-pyrrole nitrogens is 1. The molecule has 0 bridgehead atoms. The molecule has 30 heavy (non-hydrogen) atoms. The van der Waals surface area contributed by atoms with E-state index in [2.05, 4.69) is 41.6 Å². The predicted molar refractivity (Wildman–Crippen MR) is 116 cm³/mol. The molecule has 0 saturated carbocycles. The number of rotatable bonds is 4. The van der Waals surface area contributed by atoms with Gasteiger partial charge in [0.15, 0.2) is 11.5 Å². The van der Waals surface area contributed by atoms with Crippen LogP contribution in [0.15, 0.2) is 60.9 Å². The molecule has 0 aliphatic carbocycles. The van der Waals surface area contributed by atoms with Crippen molar-refractivity contribution in [3.05, 3.63) is 72.2 Å². The number of aryl methyl sites for hydroxylation is 1. The lowest BCUT2D eigenvalue weighted by molar-refractivity contribution is 1.19. The van der Waals surface area contributed by atoms with Gasteiger partial charge in [-0.05, 0) is 43.3 Å². The Morgan fingerprint density at radius 3 is 2.63 bits per heavy atom. The third-order valence-electron chi connectivity index (χ3n) is 4.67. The maximum absolute atomic E-state index is 8.96. The van der Waals surface area contributed by atoms with Crippen LogP contribution in [-0.2, 0) is 0 Å². The van der Waals surface area contributed by atoms with Crippen LogP contribution >= 0.6 is 0 Å². The summed E-state index contributed by atoms with van der Waals surface area (Å²) >= 11 is 0. The van der Waals surface area contributed by atoms with Crippen molar-refractivity contribution in [2.24, 2.45) is 0 Å². The van der Waals surface area contributed by atoms with E-state index in [4.69, 9.17) is 5.26 Å². The SMILES string of the molecule is Cc1ccc2cccc(Nc3nc(Nc4ccc(C#N)cc4)nc4nc[nH]c34)c2n1. The number of aromatic nitrogens is 5. The number of para-hydroxylation sites is 1. The second-order valence-electron chi connectivity index (χ2n) is 6.77. The van der Waals surface area contributed by atoms with Gasteiger partial charge in [0.05, 0.1) is 29.2 Å². The number of nitrogens with zero attached hydrogens (tertiary/aromatic N) is 5. The molecule has 2 aromatic carbocycles. The van der Waals surface area contributed by atoms with Crippen LogP contribution in [0.5, 0.6) is 0 Å². The molecule has 5 rings (SSSR count). The molecule has 0 fully saturated rings. The standard InChI is InChI=1S/C22H16N8/c1-13-5-8-15-3-2-4-17(18(15)26-13)28-21-19-20(25-12-24-19)29-22(30-21)27-16-9-6-14(11-23)7-10-16/h2-10,12H,1H3,(H3,24,25,27,28,29,30). The lowest BCUT2D eigenvalue weighted by Crippen LogP contribution is -2.03. The Hall–Kier alpha value is -4.51. The third-order valence-corrected chi connectivity index (χ3v) is 4.67. The van der Waals surface area contributed by atoms with E-state index in [1.165, 1.54) is 0 Å². The summed E-state index contributed by atoms with van der Waals surface area (Å²) in [5.41, 5.74) is 5.25. The van der Waals surface area contributed by atoms with Gasteiger partial charge in [0.25, 0.3) is 0 Å². The zero-order valence-electron chi connectivity index (χ0n) is 16.0. The van der Waals surface area contributed by atoms with Crippen molar-refractivity contribution >= 4 is 45.2 Å². The first-order valence-electron chi connectivity index (χ1n) is 9.31. The number of hydrogen-bond donors (Lipinski definition) is 3. The topological polar surface area (TPSA) is 115 Å². The maximum atomic E-state index is 8.96. The highest BCUT2D eigenvalue weighted by molar-refractivity contribution is 5.95. The molecule has 0 radical (unpaired) electrons. The highest BCUT2D eigenvalue weighted by atomic mass is 15.2. The van der Waals surface area contributed by atoms with Crippen molar-refractivity contribution in [3.63, 3.8) is 0 Å². The van der Waals surface area contributed by atoms with E-state index in [0.29, 0.717) is 28.5 Å². The molecule has 0 saturated heterocycles. The van der Waals surface area contributed by atoms with Crippen LogP contribution in [0.1, 0.15) is 11.3 Å². The number of imidazole rings is 1. The van der Waals surface area contributed by atoms with Crippen LogP contribution in [-0.4, -0.2) is 24.9 Å². The lowest BCUT2D eigenvalue weighted by atomic mass is 10.1. The van der Waals surface area contributed by atoms with Gasteiger partial charge < -0.3 is 15.6 Å². The van der Waals surface area contributed by atoms with Crippen molar-refractivity contribution in [3.8, 4) is 6.07 Å². The summed E-state index contributed by atoms with van der Waals surface area (Å²) in [6, 6.07) is 19.2. The maximum Gasteiger partial charge on any atom is 0.231 e. The van der Waals surface area contributed by atoms with Gasteiger partial charge in [-0.25, -0.2) is 4.98 Å². The van der Waals surface area contributed by atoms with Gasteiger partial charge in [-0.2, -0.15) is 15.2 Å². The Bertz CT molecular complexity index is 1410. The minimum Gasteiger partial charge on any atom is -0.340 e. The molecule has 0 amide bonds. The highest BCUT2D eigenvalue weighted by Crippen LogP contribution is 2.28. The summed E-state index contributed by atoms with van der Waals surface area (Å²) in [5, 5.41) is 16.5. The average Bonchev–Trinajstić information content (AvgIpc) is 3.24. The van der Waals surface area contributed by atoms with Crippen molar-refractivity contribution in [2.75, 3.05) is 10.6 Å². The molecule has 144 valence electrons. The zero-order chi connectivity index (χ0) is 20.5. The van der Waals surface area contributed by atoms with Gasteiger partial charge in [-0.1, -0.05) is 18.2 Å². The monoisotopic (exact) mass is 392 g/mol. The number of pyridine rings is 1. The van der Waals surface area contributed by atoms with Gasteiger partial charge >= 0.3 is 0 Å². The van der Waals surface area contributed by atoms with E-state index < -0.39 is 0 Å². The molecule has 0 atom stereocenters. The Morgan fingerprint density at radius 1 is 0.933 bits per heavy atom. The number of aromatic amines is 1. The molecule has 3 heterocycles. The first kappa shape index (κ1) is 17.6. The van der Waals surface area contributed by atoms with Gasteiger partial charge in [0.1, 0.15) is 5.52 Å². The van der Waals surface area contributed by atoms with Gasteiger partial charge in [0.2, 0.25) is 5.95 Å². The Labute approximate surface area is 171 Å². The fraction of sp³-hybridized carbons (Fsp3) is 0.0455. The number of hydrogen-bond acceptors (Lipinski definition) is 7. The lowest BCUT2D eigenvalue weighted by Gasteiger charge is -2.11. The fourth-order valence-corrected chi connectivity index (χ4v) is 3.21. The molecule has 0 spiro atoms. The first-order chi connectivity index (χ1) is 14.7. The normalized spacial score (nSPS) is 10.8. The summed E-state index contributed by atoms with van der Waals surface area (Å²) in [5.74, 6) is 0.982. The van der Waals surface area contributed by atoms with E-state index in [1.54, 1.807) is 30.6 Å².